The van der Waals surface area contributed by atoms with Gasteiger partial charge in [0, 0.05) is 5.39 Å². The lowest BCUT2D eigenvalue weighted by Gasteiger charge is -2.12. The van der Waals surface area contributed by atoms with Crippen molar-refractivity contribution in [3.63, 3.8) is 0 Å². The normalized spacial score (nSPS) is 11.5. The fraction of sp³-hybridized carbons (Fsp3) is 0.190. The van der Waals surface area contributed by atoms with E-state index in [1.165, 1.54) is 27.3 Å². The van der Waals surface area contributed by atoms with Gasteiger partial charge in [0.2, 0.25) is 5.76 Å². The number of fused-ring (bicyclic) bond motifs is 4. The Kier molecular flexibility index (Phi) is 3.31. The summed E-state index contributed by atoms with van der Waals surface area (Å²) < 4.78 is 10.8. The van der Waals surface area contributed by atoms with Crippen molar-refractivity contribution in [3.05, 3.63) is 59.4 Å². The van der Waals surface area contributed by atoms with Crippen molar-refractivity contribution >= 4 is 38.5 Å². The van der Waals surface area contributed by atoms with Gasteiger partial charge in [-0.05, 0) is 65.6 Å². The van der Waals surface area contributed by atoms with Gasteiger partial charge in [-0.15, -0.1) is 0 Å². The third kappa shape index (κ3) is 2.01. The second-order valence-electron chi connectivity index (χ2n) is 6.03. The monoisotopic (exact) mass is 318 g/mol. The molecule has 4 aromatic rings. The molecule has 0 atom stereocenters. The van der Waals surface area contributed by atoms with Gasteiger partial charge in [0.15, 0.2) is 0 Å². The van der Waals surface area contributed by atoms with Crippen LogP contribution in [0.4, 0.5) is 0 Å². The first-order valence-electron chi connectivity index (χ1n) is 8.13. The third-order valence-corrected chi connectivity index (χ3v) is 4.69. The molecule has 0 aliphatic carbocycles. The number of ether oxygens (including phenoxy) is 1. The molecule has 0 aliphatic rings. The topological polar surface area (TPSA) is 39.4 Å². The zero-order chi connectivity index (χ0) is 16.8. The van der Waals surface area contributed by atoms with Crippen molar-refractivity contribution in [2.24, 2.45) is 0 Å². The van der Waals surface area contributed by atoms with Crippen molar-refractivity contribution in [3.8, 4) is 0 Å². The number of aryl methyl sites for hydroxylation is 2. The lowest BCUT2D eigenvalue weighted by molar-refractivity contribution is 0.0492. The second kappa shape index (κ2) is 5.38. The molecular formula is C21H18O3. The Balaban J connectivity index is 2.12. The highest BCUT2D eigenvalue weighted by Crippen LogP contribution is 2.37. The molecule has 3 heteroatoms. The van der Waals surface area contributed by atoms with Crippen molar-refractivity contribution < 1.29 is 13.9 Å². The number of hydrogen-bond donors (Lipinski definition) is 0. The number of hydrogen-bond acceptors (Lipinski definition) is 3. The molecule has 4 rings (SSSR count). The molecule has 120 valence electrons. The van der Waals surface area contributed by atoms with Crippen molar-refractivity contribution in [2.75, 3.05) is 6.61 Å². The Bertz CT molecular complexity index is 1100. The predicted molar refractivity (Wildman–Crippen MR) is 96.7 cm³/mol. The van der Waals surface area contributed by atoms with E-state index in [0.29, 0.717) is 12.2 Å². The lowest BCUT2D eigenvalue weighted by atomic mass is 9.91. The van der Waals surface area contributed by atoms with Crippen LogP contribution in [0.5, 0.6) is 0 Å². The first-order chi connectivity index (χ1) is 11.6. The molecule has 1 heterocycles. The zero-order valence-corrected chi connectivity index (χ0v) is 14.0. The molecule has 0 radical (unpaired) electrons. The van der Waals surface area contributed by atoms with Gasteiger partial charge in [-0.25, -0.2) is 4.79 Å². The van der Waals surface area contributed by atoms with E-state index >= 15 is 0 Å². The van der Waals surface area contributed by atoms with E-state index in [2.05, 4.69) is 44.2 Å². The van der Waals surface area contributed by atoms with E-state index in [0.717, 1.165) is 10.8 Å². The fourth-order valence-corrected chi connectivity index (χ4v) is 3.55. The molecule has 3 nitrogen and oxygen atoms in total. The molecule has 0 aliphatic heterocycles. The lowest BCUT2D eigenvalue weighted by Crippen LogP contribution is -2.02. The molecular weight excluding hydrogens is 300 g/mol. The Morgan fingerprint density at radius 2 is 1.67 bits per heavy atom. The molecule has 24 heavy (non-hydrogen) atoms. The van der Waals surface area contributed by atoms with Gasteiger partial charge in [-0.1, -0.05) is 30.3 Å². The average Bonchev–Trinajstić information content (AvgIpc) is 3.03. The maximum Gasteiger partial charge on any atom is 0.374 e. The standard InChI is InChI=1S/C21H18O3/c1-4-23-21(22)19-11-17-18(24-19)10-9-16-12(2)14-7-5-6-8-15(14)13(3)20(16)17/h5-11H,4H2,1-3H3. The highest BCUT2D eigenvalue weighted by molar-refractivity contribution is 6.16. The minimum atomic E-state index is -0.419. The SMILES string of the molecule is CCOC(=O)c1cc2c(ccc3c(C)c4ccccc4c(C)c32)o1. The Labute approximate surface area is 139 Å². The van der Waals surface area contributed by atoms with Crippen LogP contribution >= 0.6 is 0 Å². The second-order valence-corrected chi connectivity index (χ2v) is 6.03. The van der Waals surface area contributed by atoms with Crippen LogP contribution in [-0.4, -0.2) is 12.6 Å². The van der Waals surface area contributed by atoms with Gasteiger partial charge in [-0.3, -0.25) is 0 Å². The van der Waals surface area contributed by atoms with Gasteiger partial charge >= 0.3 is 5.97 Å². The van der Waals surface area contributed by atoms with Crippen LogP contribution in [0.2, 0.25) is 0 Å². The number of carbonyl (C=O) groups excluding carboxylic acids is 1. The van der Waals surface area contributed by atoms with E-state index in [-0.39, 0.29) is 5.76 Å². The summed E-state index contributed by atoms with van der Waals surface area (Å²) in [6, 6.07) is 14.2. The molecule has 0 N–H and O–H groups in total. The number of esters is 1. The van der Waals surface area contributed by atoms with E-state index in [9.17, 15) is 4.79 Å². The van der Waals surface area contributed by atoms with Crippen LogP contribution in [0, 0.1) is 13.8 Å². The van der Waals surface area contributed by atoms with Crippen molar-refractivity contribution in [1.29, 1.82) is 0 Å². The molecule has 1 aromatic heterocycles. The number of furan rings is 1. The molecule has 0 fully saturated rings. The smallest absolute Gasteiger partial charge is 0.374 e. The molecule has 0 amide bonds. The summed E-state index contributed by atoms with van der Waals surface area (Å²) in [5.41, 5.74) is 3.16. The molecule has 0 saturated heterocycles. The highest BCUT2D eigenvalue weighted by Gasteiger charge is 2.17. The van der Waals surface area contributed by atoms with Crippen LogP contribution in [0.3, 0.4) is 0 Å². The largest absolute Gasteiger partial charge is 0.460 e. The van der Waals surface area contributed by atoms with Crippen molar-refractivity contribution in [2.45, 2.75) is 20.8 Å². The quantitative estimate of drug-likeness (QED) is 0.360. The van der Waals surface area contributed by atoms with Gasteiger partial charge in [0.1, 0.15) is 5.58 Å². The Morgan fingerprint density at radius 3 is 2.38 bits per heavy atom. The maximum atomic E-state index is 12.0. The van der Waals surface area contributed by atoms with Crippen LogP contribution in [0.15, 0.2) is 46.9 Å². The van der Waals surface area contributed by atoms with Gasteiger partial charge in [-0.2, -0.15) is 0 Å². The van der Waals surface area contributed by atoms with E-state index in [1.807, 2.05) is 6.07 Å². The minimum Gasteiger partial charge on any atom is -0.460 e. The fourth-order valence-electron chi connectivity index (χ4n) is 3.55. The van der Waals surface area contributed by atoms with Gasteiger partial charge < -0.3 is 9.15 Å². The molecule has 0 unspecified atom stereocenters. The zero-order valence-electron chi connectivity index (χ0n) is 14.0. The number of benzene rings is 3. The predicted octanol–water partition coefficient (Wildman–Crippen LogP) is 5.53. The molecule has 0 bridgehead atoms. The summed E-state index contributed by atoms with van der Waals surface area (Å²) >= 11 is 0. The third-order valence-electron chi connectivity index (χ3n) is 4.69. The molecule has 0 saturated carbocycles. The van der Waals surface area contributed by atoms with E-state index in [4.69, 9.17) is 9.15 Å². The van der Waals surface area contributed by atoms with Gasteiger partial charge in [0.05, 0.1) is 6.61 Å². The summed E-state index contributed by atoms with van der Waals surface area (Å²) in [5, 5.41) is 5.78. The summed E-state index contributed by atoms with van der Waals surface area (Å²) in [6.45, 7) is 6.39. The van der Waals surface area contributed by atoms with E-state index in [1.54, 1.807) is 13.0 Å². The van der Waals surface area contributed by atoms with Crippen molar-refractivity contribution in [1.82, 2.24) is 0 Å². The summed E-state index contributed by atoms with van der Waals surface area (Å²) in [5.74, 6) is -0.165. The number of carbonyl (C=O) groups is 1. The maximum absolute atomic E-state index is 12.0. The highest BCUT2D eigenvalue weighted by atomic mass is 16.5. The van der Waals surface area contributed by atoms with Crippen LogP contribution in [0.25, 0.3) is 32.5 Å². The van der Waals surface area contributed by atoms with Crippen LogP contribution in [0.1, 0.15) is 28.6 Å². The van der Waals surface area contributed by atoms with Crippen LogP contribution < -0.4 is 0 Å². The summed E-state index contributed by atoms with van der Waals surface area (Å²) in [4.78, 5) is 12.0. The summed E-state index contributed by atoms with van der Waals surface area (Å²) in [6.07, 6.45) is 0. The first kappa shape index (κ1) is 14.8. The van der Waals surface area contributed by atoms with E-state index < -0.39 is 5.97 Å². The molecule has 0 spiro atoms. The summed E-state index contributed by atoms with van der Waals surface area (Å²) in [7, 11) is 0. The average molecular weight is 318 g/mol. The minimum absolute atomic E-state index is 0.254. The Morgan fingerprint density at radius 1 is 0.958 bits per heavy atom. The Hall–Kier alpha value is -2.81. The first-order valence-corrected chi connectivity index (χ1v) is 8.13. The number of rotatable bonds is 2. The van der Waals surface area contributed by atoms with Gasteiger partial charge in [0.25, 0.3) is 0 Å². The van der Waals surface area contributed by atoms with Crippen LogP contribution in [-0.2, 0) is 4.74 Å². The molecule has 3 aromatic carbocycles.